The molecule has 0 radical (unpaired) electrons. The van der Waals surface area contributed by atoms with Crippen molar-refractivity contribution >= 4 is 0 Å². The molecule has 0 amide bonds. The fraction of sp³-hybridized carbons (Fsp3) is 0.143. The van der Waals surface area contributed by atoms with Crippen molar-refractivity contribution in [1.82, 2.24) is 5.43 Å². The lowest BCUT2D eigenvalue weighted by atomic mass is 9.97. The van der Waals surface area contributed by atoms with Gasteiger partial charge < -0.3 is 4.74 Å². The minimum Gasteiger partial charge on any atom is -0.496 e. The number of benzene rings is 2. The summed E-state index contributed by atoms with van der Waals surface area (Å²) < 4.78 is 46.7. The van der Waals surface area contributed by atoms with Crippen LogP contribution in [0, 0.1) is 17.5 Å². The van der Waals surface area contributed by atoms with E-state index in [-0.39, 0.29) is 16.9 Å². The first-order valence-electron chi connectivity index (χ1n) is 5.82. The zero-order valence-electron chi connectivity index (χ0n) is 10.7. The lowest BCUT2D eigenvalue weighted by Crippen LogP contribution is -2.31. The standard InChI is InChI=1S/C14H13F3N2O/c1-20-11-7-3-6-10(17)13(11)14(19-18)12-8(15)4-2-5-9(12)16/h2-7,14,19H,18H2,1H3. The monoisotopic (exact) mass is 282 g/mol. The van der Waals surface area contributed by atoms with Crippen molar-refractivity contribution in [2.24, 2.45) is 5.84 Å². The summed E-state index contributed by atoms with van der Waals surface area (Å²) >= 11 is 0. The van der Waals surface area contributed by atoms with Crippen LogP contribution in [0.15, 0.2) is 36.4 Å². The third kappa shape index (κ3) is 2.48. The van der Waals surface area contributed by atoms with Crippen LogP contribution >= 0.6 is 0 Å². The normalized spacial score (nSPS) is 12.2. The van der Waals surface area contributed by atoms with Crippen molar-refractivity contribution in [3.05, 3.63) is 65.0 Å². The number of halogens is 3. The van der Waals surface area contributed by atoms with E-state index in [9.17, 15) is 13.2 Å². The summed E-state index contributed by atoms with van der Waals surface area (Å²) in [6, 6.07) is 6.27. The molecule has 0 spiro atoms. The SMILES string of the molecule is COc1cccc(F)c1C(NN)c1c(F)cccc1F. The number of nitrogens with two attached hydrogens (primary N) is 1. The third-order valence-electron chi connectivity index (χ3n) is 2.98. The molecule has 0 fully saturated rings. The van der Waals surface area contributed by atoms with Gasteiger partial charge in [0.05, 0.1) is 18.7 Å². The van der Waals surface area contributed by atoms with Crippen molar-refractivity contribution in [2.45, 2.75) is 6.04 Å². The maximum atomic E-state index is 14.0. The van der Waals surface area contributed by atoms with Crippen LogP contribution in [0.5, 0.6) is 5.75 Å². The number of rotatable bonds is 4. The van der Waals surface area contributed by atoms with Gasteiger partial charge in [0.1, 0.15) is 23.2 Å². The second-order valence-corrected chi connectivity index (χ2v) is 4.09. The Bertz CT molecular complexity index is 599. The third-order valence-corrected chi connectivity index (χ3v) is 2.98. The molecule has 0 aromatic heterocycles. The molecule has 0 saturated carbocycles. The molecule has 0 aliphatic rings. The van der Waals surface area contributed by atoms with Crippen LogP contribution < -0.4 is 16.0 Å². The Labute approximate surface area is 114 Å². The van der Waals surface area contributed by atoms with Crippen molar-refractivity contribution in [3.8, 4) is 5.75 Å². The van der Waals surface area contributed by atoms with Crippen molar-refractivity contribution in [2.75, 3.05) is 7.11 Å². The maximum absolute atomic E-state index is 14.0. The Balaban J connectivity index is 2.65. The quantitative estimate of drug-likeness (QED) is 0.669. The molecule has 6 heteroatoms. The number of hydrogen-bond donors (Lipinski definition) is 2. The Kier molecular flexibility index (Phi) is 4.26. The smallest absolute Gasteiger partial charge is 0.132 e. The van der Waals surface area contributed by atoms with Crippen LogP contribution in [0.25, 0.3) is 0 Å². The van der Waals surface area contributed by atoms with Gasteiger partial charge in [-0.3, -0.25) is 5.84 Å². The first kappa shape index (κ1) is 14.4. The van der Waals surface area contributed by atoms with Crippen LogP contribution in [0.4, 0.5) is 13.2 Å². The van der Waals surface area contributed by atoms with Crippen molar-refractivity contribution < 1.29 is 17.9 Å². The number of hydrazine groups is 1. The summed E-state index contributed by atoms with van der Waals surface area (Å²) in [7, 11) is 1.34. The first-order valence-corrected chi connectivity index (χ1v) is 5.82. The predicted molar refractivity (Wildman–Crippen MR) is 68.5 cm³/mol. The zero-order chi connectivity index (χ0) is 14.7. The fourth-order valence-corrected chi connectivity index (χ4v) is 2.07. The molecule has 0 aliphatic carbocycles. The fourth-order valence-electron chi connectivity index (χ4n) is 2.07. The predicted octanol–water partition coefficient (Wildman–Crippen LogP) is 2.67. The summed E-state index contributed by atoms with van der Waals surface area (Å²) in [4.78, 5) is 0. The van der Waals surface area contributed by atoms with Gasteiger partial charge in [0.15, 0.2) is 0 Å². The Morgan fingerprint density at radius 2 is 1.45 bits per heavy atom. The molecule has 0 saturated heterocycles. The van der Waals surface area contributed by atoms with Gasteiger partial charge >= 0.3 is 0 Å². The van der Waals surface area contributed by atoms with E-state index in [2.05, 4.69) is 5.43 Å². The molecule has 0 heterocycles. The highest BCUT2D eigenvalue weighted by Crippen LogP contribution is 2.34. The molecule has 3 N–H and O–H groups in total. The number of ether oxygens (including phenoxy) is 1. The first-order chi connectivity index (χ1) is 9.60. The van der Waals surface area contributed by atoms with Crippen LogP contribution in [0.2, 0.25) is 0 Å². The van der Waals surface area contributed by atoms with E-state index in [1.54, 1.807) is 0 Å². The topological polar surface area (TPSA) is 47.3 Å². The molecule has 20 heavy (non-hydrogen) atoms. The van der Waals surface area contributed by atoms with E-state index in [0.29, 0.717) is 0 Å². The average molecular weight is 282 g/mol. The van der Waals surface area contributed by atoms with Crippen molar-refractivity contribution in [3.63, 3.8) is 0 Å². The molecule has 2 rings (SSSR count). The van der Waals surface area contributed by atoms with Crippen LogP contribution in [0.3, 0.4) is 0 Å². The lowest BCUT2D eigenvalue weighted by molar-refractivity contribution is 0.394. The minimum atomic E-state index is -1.20. The largest absolute Gasteiger partial charge is 0.496 e. The molecule has 2 aromatic carbocycles. The Hall–Kier alpha value is -2.05. The van der Waals surface area contributed by atoms with E-state index in [0.717, 1.165) is 12.1 Å². The summed E-state index contributed by atoms with van der Waals surface area (Å²) in [5.41, 5.74) is 1.82. The highest BCUT2D eigenvalue weighted by molar-refractivity contribution is 5.43. The van der Waals surface area contributed by atoms with Crippen LogP contribution in [-0.2, 0) is 0 Å². The van der Waals surface area contributed by atoms with E-state index < -0.39 is 23.5 Å². The Morgan fingerprint density at radius 3 is 1.95 bits per heavy atom. The second kappa shape index (κ2) is 5.94. The van der Waals surface area contributed by atoms with Crippen molar-refractivity contribution in [1.29, 1.82) is 0 Å². The lowest BCUT2D eigenvalue weighted by Gasteiger charge is -2.21. The van der Waals surface area contributed by atoms with Gasteiger partial charge in [-0.1, -0.05) is 12.1 Å². The van der Waals surface area contributed by atoms with E-state index in [4.69, 9.17) is 10.6 Å². The van der Waals surface area contributed by atoms with Gasteiger partial charge in [-0.05, 0) is 24.3 Å². The van der Waals surface area contributed by atoms with E-state index in [1.807, 2.05) is 0 Å². The van der Waals surface area contributed by atoms with Crippen LogP contribution in [-0.4, -0.2) is 7.11 Å². The number of nitrogens with one attached hydrogen (secondary N) is 1. The van der Waals surface area contributed by atoms with E-state index in [1.165, 1.54) is 31.4 Å². The van der Waals surface area contributed by atoms with Gasteiger partial charge in [-0.15, -0.1) is 0 Å². The van der Waals surface area contributed by atoms with Gasteiger partial charge in [0.2, 0.25) is 0 Å². The molecule has 0 bridgehead atoms. The summed E-state index contributed by atoms with van der Waals surface area (Å²) in [5, 5.41) is 0. The van der Waals surface area contributed by atoms with Gasteiger partial charge in [0.25, 0.3) is 0 Å². The molecule has 106 valence electrons. The van der Waals surface area contributed by atoms with Crippen LogP contribution in [0.1, 0.15) is 17.2 Å². The average Bonchev–Trinajstić information content (AvgIpc) is 2.43. The molecular weight excluding hydrogens is 269 g/mol. The highest BCUT2D eigenvalue weighted by atomic mass is 19.1. The number of methoxy groups -OCH3 is 1. The molecule has 1 unspecified atom stereocenters. The highest BCUT2D eigenvalue weighted by Gasteiger charge is 2.26. The molecular formula is C14H13F3N2O. The second-order valence-electron chi connectivity index (χ2n) is 4.09. The zero-order valence-corrected chi connectivity index (χ0v) is 10.7. The molecule has 0 aliphatic heterocycles. The summed E-state index contributed by atoms with van der Waals surface area (Å²) in [5.74, 6) is 3.20. The van der Waals surface area contributed by atoms with Gasteiger partial charge in [-0.2, -0.15) is 0 Å². The van der Waals surface area contributed by atoms with E-state index >= 15 is 0 Å². The Morgan fingerprint density at radius 1 is 0.950 bits per heavy atom. The number of hydrogen-bond acceptors (Lipinski definition) is 3. The summed E-state index contributed by atoms with van der Waals surface area (Å²) in [6.45, 7) is 0. The molecule has 1 atom stereocenters. The minimum absolute atomic E-state index is 0.0542. The molecule has 3 nitrogen and oxygen atoms in total. The maximum Gasteiger partial charge on any atom is 0.132 e. The molecule has 2 aromatic rings. The summed E-state index contributed by atoms with van der Waals surface area (Å²) in [6.07, 6.45) is 0. The van der Waals surface area contributed by atoms with Gasteiger partial charge in [-0.25, -0.2) is 18.6 Å². The van der Waals surface area contributed by atoms with Gasteiger partial charge in [0, 0.05) is 5.56 Å².